The molecule has 1 saturated heterocycles. The van der Waals surface area contributed by atoms with Gasteiger partial charge in [0, 0.05) is 30.1 Å². The van der Waals surface area contributed by atoms with Crippen LogP contribution in [0.25, 0.3) is 0 Å². The van der Waals surface area contributed by atoms with Crippen molar-refractivity contribution in [2.75, 3.05) is 6.54 Å². The summed E-state index contributed by atoms with van der Waals surface area (Å²) >= 11 is 0. The molecule has 2 aliphatic rings. The van der Waals surface area contributed by atoms with Gasteiger partial charge in [0.05, 0.1) is 16.5 Å². The summed E-state index contributed by atoms with van der Waals surface area (Å²) in [5, 5.41) is 19.7. The molecule has 4 N–H and O–H groups in total. The van der Waals surface area contributed by atoms with Crippen molar-refractivity contribution in [1.82, 2.24) is 15.5 Å². The largest absolute Gasteiger partial charge is 0.420 e. The number of rotatable bonds is 2. The number of aromatic nitrogens is 2. The lowest BCUT2D eigenvalue weighted by Gasteiger charge is -2.41. The number of halogens is 3. The van der Waals surface area contributed by atoms with E-state index >= 15 is 0 Å². The topological polar surface area (TPSA) is 117 Å². The highest BCUT2D eigenvalue weighted by atomic mass is 19.4. The monoisotopic (exact) mass is 483 g/mol. The number of fused-ring (bicyclic) bond motifs is 1. The lowest BCUT2D eigenvalue weighted by Crippen LogP contribution is -2.41. The van der Waals surface area contributed by atoms with E-state index in [1.54, 1.807) is 13.0 Å². The number of alkyl halides is 3. The first kappa shape index (κ1) is 24.2. The van der Waals surface area contributed by atoms with Crippen LogP contribution in [0.2, 0.25) is 0 Å². The molecule has 1 aromatic heterocycles. The minimum Gasteiger partial charge on any atom is -0.420 e. The Kier molecular flexibility index (Phi) is 6.02. The van der Waals surface area contributed by atoms with Crippen LogP contribution < -0.4 is 15.8 Å². The second-order valence-corrected chi connectivity index (χ2v) is 9.05. The van der Waals surface area contributed by atoms with Gasteiger partial charge in [-0.15, -0.1) is 5.10 Å². The molecule has 7 nitrogen and oxygen atoms in total. The predicted molar refractivity (Wildman–Crippen MR) is 120 cm³/mol. The molecular formula is C25H24F3N5O2. The number of carbonyl (C=O) groups excluding carboxylic acids is 1. The summed E-state index contributed by atoms with van der Waals surface area (Å²) in [7, 11) is 0. The van der Waals surface area contributed by atoms with E-state index in [-0.39, 0.29) is 40.3 Å². The molecule has 2 unspecified atom stereocenters. The molecule has 1 amide bonds. The highest BCUT2D eigenvalue weighted by Gasteiger charge is 2.51. The Morgan fingerprint density at radius 2 is 2.06 bits per heavy atom. The Hall–Kier alpha value is -3.92. The summed E-state index contributed by atoms with van der Waals surface area (Å²) in [6.45, 7) is 5.68. The number of hydrogen-bond acceptors (Lipinski definition) is 5. The minimum atomic E-state index is -4.65. The van der Waals surface area contributed by atoms with Crippen molar-refractivity contribution in [1.29, 1.82) is 5.26 Å². The molecule has 0 aliphatic carbocycles. The van der Waals surface area contributed by atoms with E-state index in [1.165, 1.54) is 0 Å². The number of carbonyl (C=O) groups is 1. The van der Waals surface area contributed by atoms with Gasteiger partial charge in [0.25, 0.3) is 0 Å². The average molecular weight is 483 g/mol. The highest BCUT2D eigenvalue weighted by molar-refractivity contribution is 5.76. The van der Waals surface area contributed by atoms with Gasteiger partial charge in [-0.1, -0.05) is 25.7 Å². The number of aryl methyl sites for hydroxylation is 1. The summed E-state index contributed by atoms with van der Waals surface area (Å²) in [6.07, 6.45) is -3.79. The Morgan fingerprint density at radius 3 is 2.66 bits per heavy atom. The maximum atomic E-state index is 14.0. The molecule has 0 bridgehead atoms. The second kappa shape index (κ2) is 8.70. The van der Waals surface area contributed by atoms with Gasteiger partial charge in [-0.2, -0.15) is 18.4 Å². The van der Waals surface area contributed by atoms with Gasteiger partial charge in [-0.3, -0.25) is 9.89 Å². The number of nitrogens with zero attached hydrogens (tertiary/aromatic N) is 2. The quantitative estimate of drug-likeness (QED) is 0.564. The molecule has 2 aliphatic heterocycles. The van der Waals surface area contributed by atoms with E-state index in [4.69, 9.17) is 10.5 Å². The van der Waals surface area contributed by atoms with Crippen LogP contribution in [0.4, 0.5) is 13.2 Å². The highest BCUT2D eigenvalue weighted by Crippen LogP contribution is 2.53. The fourth-order valence-electron chi connectivity index (χ4n) is 4.89. The summed E-state index contributed by atoms with van der Waals surface area (Å²) in [4.78, 5) is 11.4. The molecule has 2 atom stereocenters. The van der Waals surface area contributed by atoms with Gasteiger partial charge in [-0.05, 0) is 43.0 Å². The Labute approximate surface area is 200 Å². The first-order valence-electron chi connectivity index (χ1n) is 11.1. The van der Waals surface area contributed by atoms with Crippen molar-refractivity contribution in [3.05, 3.63) is 57.6 Å². The van der Waals surface area contributed by atoms with E-state index in [1.807, 2.05) is 13.8 Å². The molecule has 1 fully saturated rings. The molecule has 3 heterocycles. The van der Waals surface area contributed by atoms with Gasteiger partial charge >= 0.3 is 6.18 Å². The van der Waals surface area contributed by atoms with Crippen LogP contribution in [-0.2, 0) is 16.4 Å². The molecular weight excluding hydrogens is 459 g/mol. The number of nitriles is 1. The molecule has 182 valence electrons. The van der Waals surface area contributed by atoms with E-state index < -0.39 is 23.1 Å². The number of H-pyrrole nitrogens is 1. The molecule has 4 rings (SSSR count). The number of benzene rings is 1. The van der Waals surface area contributed by atoms with E-state index in [9.17, 15) is 23.2 Å². The normalized spacial score (nSPS) is 22.0. The van der Waals surface area contributed by atoms with Gasteiger partial charge in [0.1, 0.15) is 11.6 Å². The summed E-state index contributed by atoms with van der Waals surface area (Å²) in [6, 6.07) is 5.68. The zero-order chi connectivity index (χ0) is 25.5. The van der Waals surface area contributed by atoms with Crippen LogP contribution in [0, 0.1) is 41.9 Å². The lowest BCUT2D eigenvalue weighted by atomic mass is 9.61. The van der Waals surface area contributed by atoms with Crippen molar-refractivity contribution in [3.8, 4) is 23.8 Å². The third-order valence-corrected chi connectivity index (χ3v) is 6.54. The van der Waals surface area contributed by atoms with Crippen LogP contribution in [-0.4, -0.2) is 22.6 Å². The summed E-state index contributed by atoms with van der Waals surface area (Å²) < 4.78 is 47.6. The van der Waals surface area contributed by atoms with Crippen LogP contribution in [0.15, 0.2) is 29.7 Å². The smallest absolute Gasteiger partial charge is 0.416 e. The van der Waals surface area contributed by atoms with Crippen LogP contribution >= 0.6 is 0 Å². The van der Waals surface area contributed by atoms with Crippen LogP contribution in [0.1, 0.15) is 54.6 Å². The zero-order valence-electron chi connectivity index (χ0n) is 19.4. The van der Waals surface area contributed by atoms with Crippen molar-refractivity contribution in [2.24, 2.45) is 17.6 Å². The van der Waals surface area contributed by atoms with Gasteiger partial charge in [-0.25, -0.2) is 0 Å². The van der Waals surface area contributed by atoms with E-state index in [0.717, 1.165) is 12.1 Å². The Bertz CT molecular complexity index is 1310. The summed E-state index contributed by atoms with van der Waals surface area (Å²) in [5.74, 6) is 5.15. The molecule has 10 heteroatoms. The van der Waals surface area contributed by atoms with Crippen molar-refractivity contribution in [2.45, 2.75) is 45.2 Å². The molecule has 1 aromatic carbocycles. The van der Waals surface area contributed by atoms with Gasteiger partial charge in [0.2, 0.25) is 17.7 Å². The van der Waals surface area contributed by atoms with E-state index in [0.29, 0.717) is 30.6 Å². The number of ether oxygens (including phenoxy) is 1. The third kappa shape index (κ3) is 4.10. The predicted octanol–water partition coefficient (Wildman–Crippen LogP) is 3.64. The Balaban J connectivity index is 1.97. The number of aromatic amines is 1. The van der Waals surface area contributed by atoms with Crippen LogP contribution in [0.5, 0.6) is 5.88 Å². The number of amides is 1. The van der Waals surface area contributed by atoms with Crippen LogP contribution in [0.3, 0.4) is 0 Å². The fraction of sp³-hybridized carbons (Fsp3) is 0.400. The van der Waals surface area contributed by atoms with Crippen molar-refractivity contribution in [3.63, 3.8) is 0 Å². The molecule has 0 saturated carbocycles. The van der Waals surface area contributed by atoms with Gasteiger partial charge in [0.15, 0.2) is 0 Å². The maximum Gasteiger partial charge on any atom is 0.416 e. The lowest BCUT2D eigenvalue weighted by molar-refractivity contribution is -0.137. The number of nitrogens with one attached hydrogen (secondary N) is 2. The van der Waals surface area contributed by atoms with E-state index in [2.05, 4.69) is 33.4 Å². The second-order valence-electron chi connectivity index (χ2n) is 9.05. The molecule has 35 heavy (non-hydrogen) atoms. The fourth-order valence-corrected chi connectivity index (χ4v) is 4.89. The molecule has 0 spiro atoms. The maximum absolute atomic E-state index is 14.0. The zero-order valence-corrected chi connectivity index (χ0v) is 19.4. The minimum absolute atomic E-state index is 0.0118. The first-order valence-corrected chi connectivity index (χ1v) is 11.1. The first-order chi connectivity index (χ1) is 16.5. The van der Waals surface area contributed by atoms with Crippen molar-refractivity contribution >= 4 is 5.91 Å². The SMILES string of the molecule is Cc1[nH]nc2c1C(c1cc(C#CC3CCC(=O)NC3)cc(C(F)(F)F)c1)(C(C)C)C(C#N)=C(N)O2. The average Bonchev–Trinajstić information content (AvgIpc) is 3.17. The van der Waals surface area contributed by atoms with Crippen molar-refractivity contribution < 1.29 is 22.7 Å². The summed E-state index contributed by atoms with van der Waals surface area (Å²) in [5.41, 5.74) is 5.25. The van der Waals surface area contributed by atoms with Gasteiger partial charge < -0.3 is 15.8 Å². The standard InChI is InChI=1S/C25H24F3N5O2/c1-13(2)24(19(11-29)22(30)35-23-21(24)14(3)32-33-23)17-8-16(9-18(10-17)25(26,27)28)5-4-15-6-7-20(34)31-12-15/h8-10,13,15H,6-7,12,30H2,1-3H3,(H,31,34)(H,32,33). The molecule has 2 aromatic rings. The number of nitrogens with two attached hydrogens (primary N) is 1. The number of allylic oxidation sites excluding steroid dienone is 1. The third-order valence-electron chi connectivity index (χ3n) is 6.54. The Morgan fingerprint density at radius 1 is 1.31 bits per heavy atom. The number of piperidine rings is 1. The molecule has 0 radical (unpaired) electrons. The number of hydrogen-bond donors (Lipinski definition) is 3.